The number of hydrogen-bond acceptors (Lipinski definition) is 3. The van der Waals surface area contributed by atoms with Gasteiger partial charge in [0.15, 0.2) is 0 Å². The maximum absolute atomic E-state index is 11.3. The number of esters is 1. The topological polar surface area (TPSA) is 39.2 Å². The molecule has 0 aromatic carbocycles. The Morgan fingerprint density at radius 3 is 3.45 bits per heavy atom. The Morgan fingerprint density at radius 2 is 2.73 bits per heavy atom. The normalized spacial score (nSPS) is 18.3. The van der Waals surface area contributed by atoms with E-state index in [-0.39, 0.29) is 5.02 Å². The molecule has 0 atom stereocenters. The second-order valence-corrected chi connectivity index (χ2v) is 1.90. The summed E-state index contributed by atoms with van der Waals surface area (Å²) in [6, 6.07) is -1.26. The van der Waals surface area contributed by atoms with E-state index in [0.717, 1.165) is 0 Å². The largest absolute Gasteiger partial charge is 0.464 e. The van der Waals surface area contributed by atoms with E-state index in [2.05, 4.69) is 9.72 Å². The van der Waals surface area contributed by atoms with Gasteiger partial charge in [-0.3, -0.25) is 0 Å². The highest BCUT2D eigenvalue weighted by Gasteiger charge is 2.04. The average molecular weight is 178 g/mol. The van der Waals surface area contributed by atoms with Gasteiger partial charge in [-0.05, 0) is 12.1 Å². The van der Waals surface area contributed by atoms with Crippen molar-refractivity contribution >= 4 is 17.6 Å². The number of aromatic nitrogens is 1. The molecular formula is C7H6ClNO2. The van der Waals surface area contributed by atoms with Crippen molar-refractivity contribution in [2.75, 3.05) is 7.04 Å². The van der Waals surface area contributed by atoms with Gasteiger partial charge in [0.1, 0.15) is 5.69 Å². The van der Waals surface area contributed by atoms with Gasteiger partial charge < -0.3 is 4.74 Å². The van der Waals surface area contributed by atoms with Crippen LogP contribution in [0.3, 0.4) is 0 Å². The predicted octanol–water partition coefficient (Wildman–Crippen LogP) is 1.52. The van der Waals surface area contributed by atoms with E-state index in [1.54, 1.807) is 0 Å². The molecule has 0 radical (unpaired) electrons. The first-order chi connectivity index (χ1) is 7.63. The number of rotatable bonds is 1. The van der Waals surface area contributed by atoms with E-state index in [4.69, 9.17) is 19.8 Å². The van der Waals surface area contributed by atoms with Crippen LogP contribution >= 0.6 is 11.6 Å². The molecule has 0 aliphatic rings. The van der Waals surface area contributed by atoms with Crippen LogP contribution in [0, 0.1) is 0 Å². The molecule has 0 fully saturated rings. The van der Waals surface area contributed by atoms with Gasteiger partial charge in [-0.15, -0.1) is 0 Å². The van der Waals surface area contributed by atoms with Gasteiger partial charge in [0.05, 0.1) is 20.3 Å². The van der Waals surface area contributed by atoms with Gasteiger partial charge in [0.25, 0.3) is 0 Å². The van der Waals surface area contributed by atoms with Crippen molar-refractivity contribution in [3.8, 4) is 0 Å². The molecule has 0 amide bonds. The Labute approximate surface area is 77.4 Å². The SMILES string of the molecule is [2H]c1nc(C(=O)OC([2H])([2H])[2H])c([2H])c([2H])c1Cl. The highest BCUT2D eigenvalue weighted by molar-refractivity contribution is 6.30. The molecule has 4 heteroatoms. The van der Waals surface area contributed by atoms with Gasteiger partial charge >= 0.3 is 5.97 Å². The van der Waals surface area contributed by atoms with E-state index in [1.807, 2.05) is 0 Å². The summed E-state index contributed by atoms with van der Waals surface area (Å²) in [5, 5.41) is -0.388. The Balaban J connectivity index is 3.20. The van der Waals surface area contributed by atoms with E-state index in [9.17, 15) is 4.79 Å². The zero-order chi connectivity index (χ0) is 13.4. The summed E-state index contributed by atoms with van der Waals surface area (Å²) in [7, 11) is -2.98. The molecule has 11 heavy (non-hydrogen) atoms. The van der Waals surface area contributed by atoms with E-state index in [0.29, 0.717) is 0 Å². The summed E-state index contributed by atoms with van der Waals surface area (Å²) in [5.74, 6) is -1.39. The maximum Gasteiger partial charge on any atom is 0.356 e. The standard InChI is InChI=1S/C7H6ClNO2/c1-11-7(10)6-3-2-5(8)4-9-6/h2-4H,1H3/i1D3,2D,3D,4D. The van der Waals surface area contributed by atoms with Crippen LogP contribution < -0.4 is 0 Å². The van der Waals surface area contributed by atoms with Crippen molar-refractivity contribution in [2.24, 2.45) is 0 Å². The van der Waals surface area contributed by atoms with Crippen molar-refractivity contribution in [3.63, 3.8) is 0 Å². The Morgan fingerprint density at radius 1 is 1.91 bits per heavy atom. The Kier molecular flexibility index (Phi) is 0.945. The minimum absolute atomic E-state index is 0.388. The molecule has 1 aromatic rings. The third-order valence-corrected chi connectivity index (χ3v) is 1.02. The number of nitrogens with zero attached hydrogens (tertiary/aromatic N) is 1. The summed E-state index contributed by atoms with van der Waals surface area (Å²) >= 11 is 5.47. The van der Waals surface area contributed by atoms with Gasteiger partial charge in [-0.2, -0.15) is 0 Å². The fourth-order valence-corrected chi connectivity index (χ4v) is 0.509. The number of halogens is 1. The van der Waals surface area contributed by atoms with E-state index in [1.165, 1.54) is 0 Å². The van der Waals surface area contributed by atoms with E-state index < -0.39 is 37.0 Å². The van der Waals surface area contributed by atoms with E-state index >= 15 is 0 Å². The molecule has 0 aliphatic carbocycles. The molecular weight excluding hydrogens is 166 g/mol. The summed E-state index contributed by atoms with van der Waals surface area (Å²) in [5.41, 5.74) is -0.722. The smallest absolute Gasteiger partial charge is 0.356 e. The second kappa shape index (κ2) is 3.34. The van der Waals surface area contributed by atoms with Gasteiger partial charge in [0.2, 0.25) is 0 Å². The van der Waals surface area contributed by atoms with Gasteiger partial charge in [-0.25, -0.2) is 9.78 Å². The molecule has 1 heterocycles. The lowest BCUT2D eigenvalue weighted by molar-refractivity contribution is 0.0594. The van der Waals surface area contributed by atoms with Crippen LogP contribution in [0.1, 0.15) is 18.7 Å². The maximum atomic E-state index is 11.3. The molecule has 0 spiro atoms. The monoisotopic (exact) mass is 177 g/mol. The minimum Gasteiger partial charge on any atom is -0.464 e. The van der Waals surface area contributed by atoms with Crippen LogP contribution in [0.5, 0.6) is 0 Å². The summed E-state index contributed by atoms with van der Waals surface area (Å²) in [6.07, 6.45) is -0.592. The molecule has 1 aromatic heterocycles. The first-order valence-electron chi connectivity index (χ1n) is 5.50. The quantitative estimate of drug-likeness (QED) is 0.611. The minimum atomic E-state index is -2.98. The fourth-order valence-electron chi connectivity index (χ4n) is 0.420. The van der Waals surface area contributed by atoms with Crippen LogP contribution in [0.2, 0.25) is 5.02 Å². The molecule has 0 saturated heterocycles. The van der Waals surface area contributed by atoms with Crippen molar-refractivity contribution in [3.05, 3.63) is 29.0 Å². The van der Waals surface area contributed by atoms with Gasteiger partial charge in [-0.1, -0.05) is 11.6 Å². The lowest BCUT2D eigenvalue weighted by atomic mass is 10.3. The fraction of sp³-hybridized carbons (Fsp3) is 0.143. The lowest BCUT2D eigenvalue weighted by Crippen LogP contribution is -2.02. The number of pyridine rings is 1. The first kappa shape index (κ1) is 3.11. The number of methoxy groups -OCH3 is 1. The molecule has 58 valence electrons. The third kappa shape index (κ3) is 1.91. The van der Waals surface area contributed by atoms with Gasteiger partial charge in [0, 0.05) is 6.17 Å². The zero-order valence-corrected chi connectivity index (χ0v) is 5.90. The Bertz CT molecular complexity index is 474. The number of ether oxygens (including phenoxy) is 1. The average Bonchev–Trinajstić information content (AvgIpc) is 2.17. The predicted molar refractivity (Wildman–Crippen MR) is 40.6 cm³/mol. The molecule has 0 unspecified atom stereocenters. The van der Waals surface area contributed by atoms with Crippen LogP contribution in [0.4, 0.5) is 0 Å². The zero-order valence-electron chi connectivity index (χ0n) is 11.1. The van der Waals surface area contributed by atoms with Crippen LogP contribution in [-0.2, 0) is 4.74 Å². The van der Waals surface area contributed by atoms with Crippen LogP contribution in [-0.4, -0.2) is 18.0 Å². The summed E-state index contributed by atoms with van der Waals surface area (Å²) in [4.78, 5) is 14.6. The first-order valence-corrected chi connectivity index (χ1v) is 2.88. The van der Waals surface area contributed by atoms with Crippen LogP contribution in [0.25, 0.3) is 0 Å². The van der Waals surface area contributed by atoms with Crippen molar-refractivity contribution in [1.29, 1.82) is 0 Å². The van der Waals surface area contributed by atoms with Crippen molar-refractivity contribution in [2.45, 2.75) is 0 Å². The molecule has 0 saturated carbocycles. The highest BCUT2D eigenvalue weighted by atomic mass is 35.5. The Hall–Kier alpha value is -1.09. The summed E-state index contributed by atoms with van der Waals surface area (Å²) < 4.78 is 46.1. The molecule has 0 N–H and O–H groups in total. The van der Waals surface area contributed by atoms with Crippen molar-refractivity contribution < 1.29 is 17.8 Å². The molecule has 3 nitrogen and oxygen atoms in total. The number of carbonyl (C=O) groups excluding carboxylic acids is 1. The van der Waals surface area contributed by atoms with Crippen LogP contribution in [0.15, 0.2) is 18.3 Å². The third-order valence-electron chi connectivity index (χ3n) is 0.843. The summed E-state index contributed by atoms with van der Waals surface area (Å²) in [6.45, 7) is 0. The molecule has 1 rings (SSSR count). The molecule has 0 bridgehead atoms. The number of carbonyl (C=O) groups is 1. The highest BCUT2D eigenvalue weighted by Crippen LogP contribution is 2.06. The van der Waals surface area contributed by atoms with Crippen molar-refractivity contribution in [1.82, 2.24) is 4.98 Å². The lowest BCUT2D eigenvalue weighted by Gasteiger charge is -1.96. The number of hydrogen-bond donors (Lipinski definition) is 0. The second-order valence-electron chi connectivity index (χ2n) is 1.53. The molecule has 0 aliphatic heterocycles.